The zero-order valence-electron chi connectivity index (χ0n) is 19.2. The lowest BCUT2D eigenvalue weighted by Gasteiger charge is -2.34. The lowest BCUT2D eigenvalue weighted by molar-refractivity contribution is 0.0988. The van der Waals surface area contributed by atoms with Crippen molar-refractivity contribution in [2.75, 3.05) is 25.0 Å². The van der Waals surface area contributed by atoms with Crippen LogP contribution in [0.25, 0.3) is 11.5 Å². The van der Waals surface area contributed by atoms with Gasteiger partial charge in [-0.05, 0) is 61.6 Å². The smallest absolute Gasteiger partial charge is 0.325 e. The molecule has 9 heteroatoms. The first kappa shape index (κ1) is 23.1. The molecule has 1 aliphatic rings. The van der Waals surface area contributed by atoms with Gasteiger partial charge in [0.1, 0.15) is 0 Å². The monoisotopic (exact) mass is 468 g/mol. The first-order valence-electron chi connectivity index (χ1n) is 10.9. The number of aromatic nitrogens is 2. The molecule has 3 aromatic rings. The molecule has 2 aromatic carbocycles. The summed E-state index contributed by atoms with van der Waals surface area (Å²) in [5, 5.41) is 8.01. The molecule has 0 radical (unpaired) electrons. The molecular formula is C24H28N4O4S. The molecule has 0 aliphatic carbocycles. The van der Waals surface area contributed by atoms with Gasteiger partial charge in [0.25, 0.3) is 5.91 Å². The van der Waals surface area contributed by atoms with E-state index < -0.39 is 10.0 Å². The number of benzene rings is 2. The molecule has 33 heavy (non-hydrogen) atoms. The van der Waals surface area contributed by atoms with Crippen molar-refractivity contribution < 1.29 is 17.6 Å². The Kier molecular flexibility index (Phi) is 6.36. The maximum absolute atomic E-state index is 13.1. The first-order chi connectivity index (χ1) is 15.6. The van der Waals surface area contributed by atoms with E-state index in [1.54, 1.807) is 4.31 Å². The van der Waals surface area contributed by atoms with E-state index in [9.17, 15) is 13.2 Å². The predicted molar refractivity (Wildman–Crippen MR) is 125 cm³/mol. The van der Waals surface area contributed by atoms with Crippen LogP contribution in [0.3, 0.4) is 0 Å². The van der Waals surface area contributed by atoms with Gasteiger partial charge in [0.2, 0.25) is 15.9 Å². The Hall–Kier alpha value is -3.04. The molecule has 174 valence electrons. The zero-order chi connectivity index (χ0) is 23.8. The summed E-state index contributed by atoms with van der Waals surface area (Å²) in [5.74, 6) is 0.573. The summed E-state index contributed by atoms with van der Waals surface area (Å²) >= 11 is 0. The number of hydrogen-bond donors (Lipinski definition) is 0. The molecule has 0 spiro atoms. The zero-order valence-corrected chi connectivity index (χ0v) is 20.0. The van der Waals surface area contributed by atoms with Gasteiger partial charge in [-0.15, -0.1) is 5.10 Å². The second-order valence-electron chi connectivity index (χ2n) is 8.91. The third-order valence-corrected chi connectivity index (χ3v) is 7.72. The van der Waals surface area contributed by atoms with Crippen molar-refractivity contribution >= 4 is 21.9 Å². The number of amides is 1. The van der Waals surface area contributed by atoms with Crippen molar-refractivity contribution in [3.05, 3.63) is 59.7 Å². The van der Waals surface area contributed by atoms with E-state index in [4.69, 9.17) is 4.42 Å². The van der Waals surface area contributed by atoms with Crippen LogP contribution in [0.5, 0.6) is 0 Å². The van der Waals surface area contributed by atoms with Crippen molar-refractivity contribution in [1.29, 1.82) is 0 Å². The van der Waals surface area contributed by atoms with Gasteiger partial charge in [-0.25, -0.2) is 8.42 Å². The molecule has 2 atom stereocenters. The minimum Gasteiger partial charge on any atom is -0.403 e. The summed E-state index contributed by atoms with van der Waals surface area (Å²) in [7, 11) is -2.07. The molecular weight excluding hydrogens is 440 g/mol. The number of hydrogen-bond acceptors (Lipinski definition) is 6. The van der Waals surface area contributed by atoms with Crippen molar-refractivity contribution in [2.24, 2.45) is 11.8 Å². The fraction of sp³-hybridized carbons (Fsp3) is 0.375. The summed E-state index contributed by atoms with van der Waals surface area (Å²) in [4.78, 5) is 14.4. The molecule has 8 nitrogen and oxygen atoms in total. The number of rotatable bonds is 5. The Morgan fingerprint density at radius 2 is 1.61 bits per heavy atom. The van der Waals surface area contributed by atoms with Crippen molar-refractivity contribution in [1.82, 2.24) is 14.5 Å². The van der Waals surface area contributed by atoms with Gasteiger partial charge in [-0.3, -0.25) is 9.69 Å². The van der Waals surface area contributed by atoms with E-state index in [-0.39, 0.29) is 16.8 Å². The van der Waals surface area contributed by atoms with Crippen LogP contribution in [0.4, 0.5) is 6.01 Å². The van der Waals surface area contributed by atoms with Crippen LogP contribution in [0.1, 0.15) is 36.2 Å². The topological polar surface area (TPSA) is 96.6 Å². The molecule has 4 rings (SSSR count). The van der Waals surface area contributed by atoms with Crippen LogP contribution in [-0.4, -0.2) is 49.0 Å². The van der Waals surface area contributed by atoms with Gasteiger partial charge in [0.05, 0.1) is 4.90 Å². The number of nitrogens with zero attached hydrogens (tertiary/aromatic N) is 4. The third kappa shape index (κ3) is 4.84. The minimum atomic E-state index is -3.61. The van der Waals surface area contributed by atoms with E-state index >= 15 is 0 Å². The molecule has 1 amide bonds. The van der Waals surface area contributed by atoms with E-state index in [0.717, 1.165) is 17.5 Å². The van der Waals surface area contributed by atoms with E-state index in [1.807, 2.05) is 31.2 Å². The van der Waals surface area contributed by atoms with Crippen LogP contribution in [-0.2, 0) is 10.0 Å². The quantitative estimate of drug-likeness (QED) is 0.562. The predicted octanol–water partition coefficient (Wildman–Crippen LogP) is 3.99. The average molecular weight is 469 g/mol. The third-order valence-electron chi connectivity index (χ3n) is 5.88. The van der Waals surface area contributed by atoms with Gasteiger partial charge in [0.15, 0.2) is 0 Å². The molecule has 2 heterocycles. The molecule has 1 saturated heterocycles. The second kappa shape index (κ2) is 9.07. The number of anilines is 1. The highest BCUT2D eigenvalue weighted by atomic mass is 32.2. The Morgan fingerprint density at radius 1 is 1.00 bits per heavy atom. The van der Waals surface area contributed by atoms with Gasteiger partial charge in [-0.2, -0.15) is 4.31 Å². The van der Waals surface area contributed by atoms with E-state index in [1.165, 1.54) is 36.2 Å². The number of sulfonamides is 1. The van der Waals surface area contributed by atoms with Crippen LogP contribution in [0.2, 0.25) is 0 Å². The SMILES string of the molecule is Cc1ccc(-c2nnc(N(C)C(=O)c3ccc(S(=O)(=O)N4C[C@H](C)C[C@H](C)C4)cc3)o2)cc1. The molecule has 1 fully saturated rings. The summed E-state index contributed by atoms with van der Waals surface area (Å²) in [5.41, 5.74) is 2.20. The lowest BCUT2D eigenvalue weighted by Crippen LogP contribution is -2.42. The van der Waals surface area contributed by atoms with Gasteiger partial charge < -0.3 is 4.42 Å². The second-order valence-corrected chi connectivity index (χ2v) is 10.9. The first-order valence-corrected chi connectivity index (χ1v) is 12.4. The summed E-state index contributed by atoms with van der Waals surface area (Å²) < 4.78 is 33.4. The van der Waals surface area contributed by atoms with Crippen LogP contribution in [0, 0.1) is 18.8 Å². The molecule has 1 aromatic heterocycles. The standard InChI is InChI=1S/C24H28N4O4S/c1-16-5-7-19(8-6-16)22-25-26-24(32-22)27(4)23(29)20-9-11-21(12-10-20)33(30,31)28-14-17(2)13-18(3)15-28/h5-12,17-18H,13-15H2,1-4H3/t17-,18+. The molecule has 0 bridgehead atoms. The minimum absolute atomic E-state index is 0.0589. The van der Waals surface area contributed by atoms with Gasteiger partial charge in [-0.1, -0.05) is 36.6 Å². The number of aryl methyl sites for hydroxylation is 1. The molecule has 1 aliphatic heterocycles. The number of carbonyl (C=O) groups is 1. The molecule has 0 saturated carbocycles. The van der Waals surface area contributed by atoms with Gasteiger partial charge in [0, 0.05) is 31.3 Å². The number of carbonyl (C=O) groups excluding carboxylic acids is 1. The molecule has 0 N–H and O–H groups in total. The highest BCUT2D eigenvalue weighted by Gasteiger charge is 2.32. The molecule has 0 unspecified atom stereocenters. The van der Waals surface area contributed by atoms with Crippen molar-refractivity contribution in [3.63, 3.8) is 0 Å². The average Bonchev–Trinajstić information content (AvgIpc) is 3.28. The lowest BCUT2D eigenvalue weighted by atomic mass is 9.94. The number of piperidine rings is 1. The van der Waals surface area contributed by atoms with Crippen LogP contribution < -0.4 is 4.90 Å². The largest absolute Gasteiger partial charge is 0.403 e. The fourth-order valence-corrected chi connectivity index (χ4v) is 5.84. The van der Waals surface area contributed by atoms with Crippen molar-refractivity contribution in [2.45, 2.75) is 32.1 Å². The Morgan fingerprint density at radius 3 is 2.21 bits per heavy atom. The normalized spacial score (nSPS) is 19.4. The maximum atomic E-state index is 13.1. The highest BCUT2D eigenvalue weighted by molar-refractivity contribution is 7.89. The van der Waals surface area contributed by atoms with E-state index in [2.05, 4.69) is 24.0 Å². The Balaban J connectivity index is 1.50. The summed E-state index contributed by atoms with van der Waals surface area (Å²) in [6, 6.07) is 13.7. The van der Waals surface area contributed by atoms with Crippen molar-refractivity contribution in [3.8, 4) is 11.5 Å². The summed E-state index contributed by atoms with van der Waals surface area (Å²) in [6.07, 6.45) is 1.02. The summed E-state index contributed by atoms with van der Waals surface area (Å²) in [6.45, 7) is 7.14. The maximum Gasteiger partial charge on any atom is 0.325 e. The van der Waals surface area contributed by atoms with E-state index in [0.29, 0.717) is 36.4 Å². The van der Waals surface area contributed by atoms with Crippen LogP contribution >= 0.6 is 0 Å². The Bertz CT molecular complexity index is 1230. The van der Waals surface area contributed by atoms with Gasteiger partial charge >= 0.3 is 6.01 Å². The fourth-order valence-electron chi connectivity index (χ4n) is 4.16. The Labute approximate surface area is 194 Å². The highest BCUT2D eigenvalue weighted by Crippen LogP contribution is 2.27. The van der Waals surface area contributed by atoms with Crippen LogP contribution in [0.15, 0.2) is 57.8 Å².